The van der Waals surface area contributed by atoms with E-state index in [4.69, 9.17) is 11.6 Å². The van der Waals surface area contributed by atoms with Gasteiger partial charge in [0.15, 0.2) is 0 Å². The van der Waals surface area contributed by atoms with Crippen LogP contribution in [0.15, 0.2) is 83.8 Å². The first kappa shape index (κ1) is 27.8. The largest absolute Gasteiger partial charge is 0.417 e. The van der Waals surface area contributed by atoms with E-state index < -0.39 is 45.4 Å². The van der Waals surface area contributed by atoms with E-state index in [2.05, 4.69) is 0 Å². The summed E-state index contributed by atoms with van der Waals surface area (Å²) in [6, 6.07) is 16.7. The first-order valence-corrected chi connectivity index (χ1v) is 14.3. The van der Waals surface area contributed by atoms with Crippen LogP contribution in [0.4, 0.5) is 17.6 Å². The fourth-order valence-corrected chi connectivity index (χ4v) is 7.47. The summed E-state index contributed by atoms with van der Waals surface area (Å²) in [5.74, 6) is -0.327. The van der Waals surface area contributed by atoms with Gasteiger partial charge in [-0.15, -0.1) is 0 Å². The van der Waals surface area contributed by atoms with Crippen LogP contribution in [0, 0.1) is 6.92 Å². The summed E-state index contributed by atoms with van der Waals surface area (Å²) in [6.07, 6.45) is -1.47. The number of hydrogen-bond donors (Lipinski definition) is 0. The van der Waals surface area contributed by atoms with Gasteiger partial charge in [0.2, 0.25) is 10.0 Å². The molecule has 39 heavy (non-hydrogen) atoms. The van der Waals surface area contributed by atoms with Crippen LogP contribution in [0.25, 0.3) is 11.1 Å². The maximum absolute atomic E-state index is 14.3. The van der Waals surface area contributed by atoms with Gasteiger partial charge in [-0.1, -0.05) is 72.3 Å². The molecule has 2 aliphatic heterocycles. The van der Waals surface area contributed by atoms with Crippen molar-refractivity contribution in [2.24, 2.45) is 0 Å². The van der Waals surface area contributed by atoms with E-state index in [0.717, 1.165) is 38.7 Å². The molecule has 0 unspecified atom stereocenters. The summed E-state index contributed by atoms with van der Waals surface area (Å²) >= 11 is 6.28. The molecule has 0 spiro atoms. The van der Waals surface area contributed by atoms with Gasteiger partial charge in [-0.3, -0.25) is 4.90 Å². The molecule has 1 fully saturated rings. The minimum Gasteiger partial charge on any atom is -0.289 e. The lowest BCUT2D eigenvalue weighted by molar-refractivity contribution is -0.139. The highest BCUT2D eigenvalue weighted by Crippen LogP contribution is 2.43. The van der Waals surface area contributed by atoms with E-state index in [9.17, 15) is 26.0 Å². The number of halogens is 5. The SMILES string of the molecule is Cc1c(Cl)cccc1-c1ccc([C@@H]2[C@@H](CF)N3C/C=C\CN(S(=O)(=O)c4ccccc4C(F)(F)F)C[C@@H]23)cc1. The summed E-state index contributed by atoms with van der Waals surface area (Å²) in [6.45, 7) is 1.60. The van der Waals surface area contributed by atoms with Crippen LogP contribution in [0.1, 0.15) is 22.6 Å². The molecule has 0 N–H and O–H groups in total. The molecule has 2 aliphatic rings. The Morgan fingerprint density at radius 2 is 1.64 bits per heavy atom. The first-order chi connectivity index (χ1) is 18.5. The van der Waals surface area contributed by atoms with Gasteiger partial charge in [0.25, 0.3) is 0 Å². The highest BCUT2D eigenvalue weighted by Gasteiger charge is 2.50. The first-order valence-electron chi connectivity index (χ1n) is 12.5. The van der Waals surface area contributed by atoms with Crippen molar-refractivity contribution in [2.75, 3.05) is 26.3 Å². The van der Waals surface area contributed by atoms with Crippen molar-refractivity contribution in [3.8, 4) is 11.1 Å². The van der Waals surface area contributed by atoms with Crippen molar-refractivity contribution in [3.63, 3.8) is 0 Å². The molecule has 0 aromatic heterocycles. The van der Waals surface area contributed by atoms with Crippen LogP contribution in [0.5, 0.6) is 0 Å². The second kappa shape index (κ2) is 10.7. The molecule has 3 atom stereocenters. The van der Waals surface area contributed by atoms with Crippen LogP contribution in [0.2, 0.25) is 5.02 Å². The summed E-state index contributed by atoms with van der Waals surface area (Å²) in [5.41, 5.74) is 2.50. The third kappa shape index (κ3) is 5.13. The van der Waals surface area contributed by atoms with Crippen molar-refractivity contribution in [1.29, 1.82) is 0 Å². The summed E-state index contributed by atoms with van der Waals surface area (Å²) in [4.78, 5) is 1.10. The monoisotopic (exact) mass is 578 g/mol. The summed E-state index contributed by atoms with van der Waals surface area (Å²) in [5, 5.41) is 0.652. The smallest absolute Gasteiger partial charge is 0.289 e. The van der Waals surface area contributed by atoms with Crippen molar-refractivity contribution in [3.05, 3.63) is 101 Å². The predicted octanol–water partition coefficient (Wildman–Crippen LogP) is 6.70. The van der Waals surface area contributed by atoms with Gasteiger partial charge in [-0.2, -0.15) is 17.5 Å². The van der Waals surface area contributed by atoms with E-state index in [0.29, 0.717) is 11.6 Å². The second-order valence-corrected chi connectivity index (χ2v) is 12.1. The van der Waals surface area contributed by atoms with Crippen molar-refractivity contribution in [2.45, 2.75) is 36.0 Å². The molecule has 0 saturated carbocycles. The number of hydrogen-bond acceptors (Lipinski definition) is 3. The van der Waals surface area contributed by atoms with Crippen LogP contribution in [-0.2, 0) is 16.2 Å². The second-order valence-electron chi connectivity index (χ2n) is 9.83. The van der Waals surface area contributed by atoms with Gasteiger partial charge in [-0.25, -0.2) is 12.8 Å². The van der Waals surface area contributed by atoms with Gasteiger partial charge in [0.05, 0.1) is 10.5 Å². The van der Waals surface area contributed by atoms with E-state index in [1.807, 2.05) is 54.3 Å². The Bertz CT molecular complexity index is 1490. The van der Waals surface area contributed by atoms with Gasteiger partial charge >= 0.3 is 6.18 Å². The zero-order valence-corrected chi connectivity index (χ0v) is 22.6. The molecule has 206 valence electrons. The Labute approximate surface area is 230 Å². The van der Waals surface area contributed by atoms with E-state index in [1.165, 1.54) is 12.1 Å². The van der Waals surface area contributed by atoms with Crippen LogP contribution in [0.3, 0.4) is 0 Å². The Hall–Kier alpha value is -2.72. The van der Waals surface area contributed by atoms with E-state index in [-0.39, 0.29) is 19.0 Å². The number of sulfonamides is 1. The fraction of sp³-hybridized carbons (Fsp3) is 0.310. The Balaban J connectivity index is 1.47. The normalized spacial score (nSPS) is 23.4. The van der Waals surface area contributed by atoms with Gasteiger partial charge in [0, 0.05) is 42.7 Å². The third-order valence-electron chi connectivity index (χ3n) is 7.71. The molecular weight excluding hydrogens is 552 g/mol. The van der Waals surface area contributed by atoms with Crippen LogP contribution >= 0.6 is 11.6 Å². The number of alkyl halides is 4. The van der Waals surface area contributed by atoms with E-state index >= 15 is 0 Å². The zero-order chi connectivity index (χ0) is 27.9. The number of benzene rings is 3. The van der Waals surface area contributed by atoms with E-state index in [1.54, 1.807) is 12.2 Å². The minimum atomic E-state index is -4.82. The van der Waals surface area contributed by atoms with Crippen molar-refractivity contribution < 1.29 is 26.0 Å². The molecule has 10 heteroatoms. The molecule has 2 heterocycles. The molecule has 0 radical (unpaired) electrons. The summed E-state index contributed by atoms with van der Waals surface area (Å²) < 4.78 is 83.4. The van der Waals surface area contributed by atoms with Crippen LogP contribution in [-0.4, -0.2) is 56.0 Å². The molecule has 4 nitrogen and oxygen atoms in total. The number of fused-ring (bicyclic) bond motifs is 1. The van der Waals surface area contributed by atoms with Crippen molar-refractivity contribution in [1.82, 2.24) is 9.21 Å². The maximum Gasteiger partial charge on any atom is 0.417 e. The Morgan fingerprint density at radius 3 is 2.33 bits per heavy atom. The standard InChI is InChI=1S/C29H27ClF4N2O2S/c1-19-22(7-6-9-24(19)30)20-11-13-21(14-12-20)28-25(17-31)36-16-5-4-15-35(18-26(28)36)39(37,38)27-10-3-2-8-23(27)29(32,33)34/h2-14,25-26,28H,15-18H2,1H3/b5-4-/t25-,26+,28-/m1/s1. The van der Waals surface area contributed by atoms with Gasteiger partial charge in [0.1, 0.15) is 6.67 Å². The van der Waals surface area contributed by atoms with Gasteiger partial charge in [-0.05, 0) is 47.4 Å². The topological polar surface area (TPSA) is 40.6 Å². The lowest BCUT2D eigenvalue weighted by atomic mass is 9.74. The molecule has 0 aliphatic carbocycles. The Kier molecular flexibility index (Phi) is 7.63. The number of nitrogens with zero attached hydrogens (tertiary/aromatic N) is 2. The van der Waals surface area contributed by atoms with Crippen molar-refractivity contribution >= 4 is 21.6 Å². The molecule has 5 rings (SSSR count). The molecule has 1 saturated heterocycles. The molecule has 0 bridgehead atoms. The highest BCUT2D eigenvalue weighted by molar-refractivity contribution is 7.89. The molecule has 3 aromatic rings. The molecular formula is C29H27ClF4N2O2S. The van der Waals surface area contributed by atoms with Gasteiger partial charge < -0.3 is 0 Å². The summed E-state index contributed by atoms with van der Waals surface area (Å²) in [7, 11) is -4.49. The zero-order valence-electron chi connectivity index (χ0n) is 21.1. The minimum absolute atomic E-state index is 0.0603. The lowest BCUT2D eigenvalue weighted by Crippen LogP contribution is -2.67. The lowest BCUT2D eigenvalue weighted by Gasteiger charge is -2.56. The number of rotatable bonds is 5. The fourth-order valence-electron chi connectivity index (χ4n) is 5.67. The highest BCUT2D eigenvalue weighted by atomic mass is 35.5. The van der Waals surface area contributed by atoms with Crippen LogP contribution < -0.4 is 0 Å². The maximum atomic E-state index is 14.3. The Morgan fingerprint density at radius 1 is 0.949 bits per heavy atom. The molecule has 0 amide bonds. The quantitative estimate of drug-likeness (QED) is 0.250. The molecule has 3 aromatic carbocycles. The average Bonchev–Trinajstić information content (AvgIpc) is 2.89. The predicted molar refractivity (Wildman–Crippen MR) is 144 cm³/mol. The third-order valence-corrected chi connectivity index (χ3v) is 10.0. The average molecular weight is 579 g/mol.